The Labute approximate surface area is 136 Å². The van der Waals surface area contributed by atoms with E-state index in [-0.39, 0.29) is 23.9 Å². The van der Waals surface area contributed by atoms with E-state index in [0.29, 0.717) is 6.42 Å². The van der Waals surface area contributed by atoms with Gasteiger partial charge in [-0.3, -0.25) is 9.59 Å². The number of aliphatic carboxylic acids is 1. The summed E-state index contributed by atoms with van der Waals surface area (Å²) in [4.78, 5) is 35.8. The molecule has 23 heavy (non-hydrogen) atoms. The quantitative estimate of drug-likeness (QED) is 0.801. The Morgan fingerprint density at radius 1 is 1.35 bits per heavy atom. The van der Waals surface area contributed by atoms with E-state index in [0.717, 1.165) is 5.56 Å². The predicted octanol–water partition coefficient (Wildman–Crippen LogP) is 1.80. The van der Waals surface area contributed by atoms with Gasteiger partial charge in [-0.25, -0.2) is 4.79 Å². The summed E-state index contributed by atoms with van der Waals surface area (Å²) >= 11 is 0. The van der Waals surface area contributed by atoms with Crippen molar-refractivity contribution in [1.82, 2.24) is 9.88 Å². The first-order valence-corrected chi connectivity index (χ1v) is 7.79. The van der Waals surface area contributed by atoms with Gasteiger partial charge in [0.1, 0.15) is 6.04 Å². The predicted molar refractivity (Wildman–Crippen MR) is 88.2 cm³/mol. The summed E-state index contributed by atoms with van der Waals surface area (Å²) in [7, 11) is 0. The molecule has 2 unspecified atom stereocenters. The fraction of sp³-hybridized carbons (Fsp3) is 0.588. The van der Waals surface area contributed by atoms with Gasteiger partial charge in [0.15, 0.2) is 0 Å². The molecule has 0 aliphatic rings. The van der Waals surface area contributed by atoms with E-state index in [9.17, 15) is 19.5 Å². The highest BCUT2D eigenvalue weighted by atomic mass is 16.4. The van der Waals surface area contributed by atoms with Crippen LogP contribution >= 0.6 is 0 Å². The zero-order valence-corrected chi connectivity index (χ0v) is 14.4. The summed E-state index contributed by atoms with van der Waals surface area (Å²) < 4.78 is 1.48. The van der Waals surface area contributed by atoms with E-state index >= 15 is 0 Å². The molecule has 1 heterocycles. The van der Waals surface area contributed by atoms with Gasteiger partial charge >= 0.3 is 5.97 Å². The molecule has 1 amide bonds. The van der Waals surface area contributed by atoms with Crippen molar-refractivity contribution in [1.29, 1.82) is 0 Å². The average Bonchev–Trinajstić information content (AvgIpc) is 2.46. The van der Waals surface area contributed by atoms with Crippen molar-refractivity contribution in [2.45, 2.75) is 53.6 Å². The van der Waals surface area contributed by atoms with E-state index in [1.807, 2.05) is 13.8 Å². The smallest absolute Gasteiger partial charge is 0.326 e. The molecular formula is C17H26N2O4. The first-order chi connectivity index (χ1) is 10.6. The van der Waals surface area contributed by atoms with E-state index < -0.39 is 17.4 Å². The van der Waals surface area contributed by atoms with Crippen molar-refractivity contribution in [3.63, 3.8) is 0 Å². The molecule has 0 bridgehead atoms. The van der Waals surface area contributed by atoms with Crippen molar-refractivity contribution >= 4 is 11.9 Å². The van der Waals surface area contributed by atoms with Gasteiger partial charge in [-0.1, -0.05) is 26.3 Å². The number of hydrogen-bond donors (Lipinski definition) is 2. The molecule has 1 aromatic rings. The number of rotatable bonds is 7. The molecule has 6 nitrogen and oxygen atoms in total. The summed E-state index contributed by atoms with van der Waals surface area (Å²) in [6, 6.07) is 2.25. The summed E-state index contributed by atoms with van der Waals surface area (Å²) in [6.45, 7) is 9.12. The maximum atomic E-state index is 12.5. The number of aromatic nitrogens is 1. The average molecular weight is 322 g/mol. The number of amides is 1. The molecule has 0 aliphatic heterocycles. The maximum absolute atomic E-state index is 12.5. The highest BCUT2D eigenvalue weighted by molar-refractivity contribution is 5.87. The Kier molecular flexibility index (Phi) is 6.12. The monoisotopic (exact) mass is 322 g/mol. The van der Waals surface area contributed by atoms with E-state index in [4.69, 9.17) is 0 Å². The third kappa shape index (κ3) is 4.94. The molecule has 1 rings (SSSR count). The van der Waals surface area contributed by atoms with Crippen LogP contribution in [0, 0.1) is 18.3 Å². The van der Waals surface area contributed by atoms with Crippen LogP contribution in [0.15, 0.2) is 23.1 Å². The third-order valence-corrected chi connectivity index (χ3v) is 4.08. The SMILES string of the molecule is CCC(C)C(NC(=O)C(C)(C)Cn1cc(C)ccc1=O)C(=O)O. The van der Waals surface area contributed by atoms with Gasteiger partial charge in [-0.05, 0) is 32.3 Å². The van der Waals surface area contributed by atoms with Crippen LogP contribution in [0.25, 0.3) is 0 Å². The van der Waals surface area contributed by atoms with Crippen molar-refractivity contribution in [3.05, 3.63) is 34.2 Å². The topological polar surface area (TPSA) is 88.4 Å². The number of carbonyl (C=O) groups is 2. The minimum absolute atomic E-state index is 0.172. The van der Waals surface area contributed by atoms with Gasteiger partial charge in [-0.15, -0.1) is 0 Å². The second kappa shape index (κ2) is 7.44. The van der Waals surface area contributed by atoms with Crippen LogP contribution < -0.4 is 10.9 Å². The van der Waals surface area contributed by atoms with Crippen LogP contribution in [-0.4, -0.2) is 27.6 Å². The highest BCUT2D eigenvalue weighted by Crippen LogP contribution is 2.19. The number of nitrogens with zero attached hydrogens (tertiary/aromatic N) is 1. The fourth-order valence-corrected chi connectivity index (χ4v) is 2.29. The standard InChI is InChI=1S/C17H26N2O4/c1-6-12(3)14(15(21)22)18-16(23)17(4,5)10-19-9-11(2)7-8-13(19)20/h7-9,12,14H,6,10H2,1-5H3,(H,18,23)(H,21,22). The van der Waals surface area contributed by atoms with Crippen LogP contribution in [0.5, 0.6) is 0 Å². The van der Waals surface area contributed by atoms with Gasteiger partial charge in [0, 0.05) is 18.8 Å². The molecular weight excluding hydrogens is 296 g/mol. The minimum Gasteiger partial charge on any atom is -0.480 e. The fourth-order valence-electron chi connectivity index (χ4n) is 2.29. The Bertz CT molecular complexity index is 634. The molecule has 0 aliphatic carbocycles. The number of carboxylic acid groups (broad SMARTS) is 1. The van der Waals surface area contributed by atoms with Gasteiger partial charge < -0.3 is 15.0 Å². The first-order valence-electron chi connectivity index (χ1n) is 7.79. The largest absolute Gasteiger partial charge is 0.480 e. The molecule has 1 aromatic heterocycles. The Balaban J connectivity index is 2.94. The molecule has 0 aromatic carbocycles. The second-order valence-corrected chi connectivity index (χ2v) is 6.73. The molecule has 0 fully saturated rings. The number of carboxylic acids is 1. The minimum atomic E-state index is -1.05. The van der Waals surface area contributed by atoms with Crippen LogP contribution in [0.1, 0.15) is 39.7 Å². The number of hydrogen-bond acceptors (Lipinski definition) is 3. The van der Waals surface area contributed by atoms with Gasteiger partial charge in [0.25, 0.3) is 5.56 Å². The van der Waals surface area contributed by atoms with Crippen LogP contribution in [0.2, 0.25) is 0 Å². The Hall–Kier alpha value is -2.11. The summed E-state index contributed by atoms with van der Waals surface area (Å²) in [5, 5.41) is 11.9. The lowest BCUT2D eigenvalue weighted by Crippen LogP contribution is -2.51. The zero-order valence-electron chi connectivity index (χ0n) is 14.4. The molecule has 0 saturated carbocycles. The van der Waals surface area contributed by atoms with Crippen LogP contribution in [-0.2, 0) is 16.1 Å². The van der Waals surface area contributed by atoms with E-state index in [1.165, 1.54) is 10.6 Å². The van der Waals surface area contributed by atoms with Crippen LogP contribution in [0.4, 0.5) is 0 Å². The lowest BCUT2D eigenvalue weighted by Gasteiger charge is -2.28. The normalized spacial score (nSPS) is 14.1. The zero-order chi connectivity index (χ0) is 17.8. The number of pyridine rings is 1. The van der Waals surface area contributed by atoms with Crippen molar-refractivity contribution in [3.8, 4) is 0 Å². The number of carbonyl (C=O) groups excluding carboxylic acids is 1. The first kappa shape index (κ1) is 18.9. The molecule has 2 atom stereocenters. The summed E-state index contributed by atoms with van der Waals surface area (Å²) in [5.41, 5.74) is -0.171. The van der Waals surface area contributed by atoms with E-state index in [1.54, 1.807) is 33.0 Å². The van der Waals surface area contributed by atoms with Crippen molar-refractivity contribution < 1.29 is 14.7 Å². The summed E-state index contributed by atoms with van der Waals surface area (Å²) in [6.07, 6.45) is 2.34. The van der Waals surface area contributed by atoms with Gasteiger partial charge in [0.05, 0.1) is 5.41 Å². The molecule has 128 valence electrons. The maximum Gasteiger partial charge on any atom is 0.326 e. The molecule has 0 saturated heterocycles. The van der Waals surface area contributed by atoms with Gasteiger partial charge in [-0.2, -0.15) is 0 Å². The molecule has 6 heteroatoms. The molecule has 0 spiro atoms. The number of nitrogens with one attached hydrogen (secondary N) is 1. The Morgan fingerprint density at radius 2 is 1.96 bits per heavy atom. The highest BCUT2D eigenvalue weighted by Gasteiger charge is 2.33. The summed E-state index contributed by atoms with van der Waals surface area (Å²) in [5.74, 6) is -1.59. The lowest BCUT2D eigenvalue weighted by atomic mass is 9.90. The number of aryl methyl sites for hydroxylation is 1. The second-order valence-electron chi connectivity index (χ2n) is 6.73. The lowest BCUT2D eigenvalue weighted by molar-refractivity contribution is -0.145. The third-order valence-electron chi connectivity index (χ3n) is 4.08. The van der Waals surface area contributed by atoms with Gasteiger partial charge in [0.2, 0.25) is 5.91 Å². The van der Waals surface area contributed by atoms with Crippen molar-refractivity contribution in [2.24, 2.45) is 11.3 Å². The molecule has 0 radical (unpaired) electrons. The Morgan fingerprint density at radius 3 is 2.48 bits per heavy atom. The van der Waals surface area contributed by atoms with E-state index in [2.05, 4.69) is 5.32 Å². The molecule has 2 N–H and O–H groups in total. The van der Waals surface area contributed by atoms with Crippen LogP contribution in [0.3, 0.4) is 0 Å². The van der Waals surface area contributed by atoms with Crippen molar-refractivity contribution in [2.75, 3.05) is 0 Å².